The smallest absolute Gasteiger partial charge is 0.290 e. The van der Waals surface area contributed by atoms with Gasteiger partial charge in [0.25, 0.3) is 11.1 Å². The number of imide groups is 1. The first-order valence-corrected chi connectivity index (χ1v) is 8.52. The fourth-order valence-electron chi connectivity index (χ4n) is 2.28. The predicted molar refractivity (Wildman–Crippen MR) is 98.2 cm³/mol. The quantitative estimate of drug-likeness (QED) is 0.631. The molecule has 2 N–H and O–H groups in total. The van der Waals surface area contributed by atoms with Gasteiger partial charge in [-0.05, 0) is 61.0 Å². The van der Waals surface area contributed by atoms with Crippen molar-refractivity contribution < 1.29 is 14.3 Å². The molecule has 1 fully saturated rings. The number of benzene rings is 1. The largest absolute Gasteiger partial charge is 0.471 e. The number of pyridine rings is 1. The molecule has 0 bridgehead atoms. The molecule has 0 saturated carbocycles. The Balaban J connectivity index is 1.63. The number of carbonyl (C=O) groups excluding carboxylic acids is 2. The standard InChI is InChI=1S/C18H17N3O3S/c1-11-4-3-9-19-16(11)20-12(2)24-14-7-5-13(6-8-14)10-15-17(22)21-18(23)25-15/h3-10,12H,1-2H3,(H,19,20)(H,21,22,23)/b15-10-. The summed E-state index contributed by atoms with van der Waals surface area (Å²) in [5.41, 5.74) is 1.86. The molecule has 1 aromatic heterocycles. The molecule has 128 valence electrons. The summed E-state index contributed by atoms with van der Waals surface area (Å²) in [6.45, 7) is 3.88. The number of carbonyl (C=O) groups is 2. The Labute approximate surface area is 149 Å². The van der Waals surface area contributed by atoms with Crippen molar-refractivity contribution in [3.05, 3.63) is 58.6 Å². The highest BCUT2D eigenvalue weighted by molar-refractivity contribution is 8.18. The van der Waals surface area contributed by atoms with Gasteiger partial charge in [-0.2, -0.15) is 0 Å². The van der Waals surface area contributed by atoms with Crippen LogP contribution in [-0.2, 0) is 4.79 Å². The summed E-state index contributed by atoms with van der Waals surface area (Å²) in [6.07, 6.45) is 3.14. The van der Waals surface area contributed by atoms with Crippen LogP contribution < -0.4 is 15.4 Å². The molecule has 6 nitrogen and oxygen atoms in total. The first kappa shape index (κ1) is 17.0. The zero-order chi connectivity index (χ0) is 17.8. The van der Waals surface area contributed by atoms with E-state index in [1.165, 1.54) is 0 Å². The van der Waals surface area contributed by atoms with Crippen molar-refractivity contribution in [1.82, 2.24) is 10.3 Å². The molecule has 0 spiro atoms. The summed E-state index contributed by atoms with van der Waals surface area (Å²) in [4.78, 5) is 27.4. The maximum absolute atomic E-state index is 11.5. The predicted octanol–water partition coefficient (Wildman–Crippen LogP) is 3.55. The third-order valence-corrected chi connectivity index (χ3v) is 4.29. The van der Waals surface area contributed by atoms with E-state index in [-0.39, 0.29) is 17.4 Å². The number of anilines is 1. The maximum atomic E-state index is 11.5. The minimum atomic E-state index is -0.362. The van der Waals surface area contributed by atoms with Crippen molar-refractivity contribution in [2.45, 2.75) is 20.1 Å². The number of hydrogen-bond donors (Lipinski definition) is 2. The summed E-state index contributed by atoms with van der Waals surface area (Å²) in [6, 6.07) is 11.2. The van der Waals surface area contributed by atoms with Crippen molar-refractivity contribution in [2.24, 2.45) is 0 Å². The lowest BCUT2D eigenvalue weighted by atomic mass is 10.2. The van der Waals surface area contributed by atoms with Gasteiger partial charge in [0.2, 0.25) is 0 Å². The van der Waals surface area contributed by atoms with E-state index in [0.29, 0.717) is 10.7 Å². The molecule has 7 heteroatoms. The van der Waals surface area contributed by atoms with Gasteiger partial charge in [-0.15, -0.1) is 0 Å². The zero-order valence-corrected chi connectivity index (χ0v) is 14.6. The van der Waals surface area contributed by atoms with Crippen molar-refractivity contribution in [3.63, 3.8) is 0 Å². The lowest BCUT2D eigenvalue weighted by molar-refractivity contribution is -0.115. The molecule has 1 aromatic carbocycles. The Bertz CT molecular complexity index is 834. The van der Waals surface area contributed by atoms with Crippen LogP contribution in [0.25, 0.3) is 6.08 Å². The Kier molecular flexibility index (Phi) is 5.04. The maximum Gasteiger partial charge on any atom is 0.290 e. The first-order chi connectivity index (χ1) is 12.0. The molecule has 1 aliphatic rings. The highest BCUT2D eigenvalue weighted by atomic mass is 32.2. The average Bonchev–Trinajstić information content (AvgIpc) is 2.89. The Morgan fingerprint density at radius 3 is 2.64 bits per heavy atom. The van der Waals surface area contributed by atoms with Crippen LogP contribution in [0.5, 0.6) is 5.75 Å². The van der Waals surface area contributed by atoms with E-state index >= 15 is 0 Å². The Hall–Kier alpha value is -2.80. The van der Waals surface area contributed by atoms with Crippen LogP contribution in [0.2, 0.25) is 0 Å². The number of nitrogens with one attached hydrogen (secondary N) is 2. The molecule has 0 radical (unpaired) electrons. The van der Waals surface area contributed by atoms with Crippen LogP contribution in [0.3, 0.4) is 0 Å². The summed E-state index contributed by atoms with van der Waals surface area (Å²) >= 11 is 0.899. The van der Waals surface area contributed by atoms with Crippen LogP contribution in [0.1, 0.15) is 18.1 Å². The van der Waals surface area contributed by atoms with Crippen LogP contribution in [0.4, 0.5) is 10.6 Å². The van der Waals surface area contributed by atoms with Gasteiger partial charge in [0, 0.05) is 6.20 Å². The minimum Gasteiger partial charge on any atom is -0.471 e. The number of rotatable bonds is 5. The number of aromatic nitrogens is 1. The Morgan fingerprint density at radius 2 is 2.00 bits per heavy atom. The lowest BCUT2D eigenvalue weighted by Gasteiger charge is -2.18. The third-order valence-electron chi connectivity index (χ3n) is 3.48. The summed E-state index contributed by atoms with van der Waals surface area (Å²) in [5, 5.41) is 5.09. The molecule has 0 aliphatic carbocycles. The van der Waals surface area contributed by atoms with E-state index in [1.807, 2.05) is 50.2 Å². The van der Waals surface area contributed by atoms with Gasteiger partial charge in [-0.1, -0.05) is 18.2 Å². The van der Waals surface area contributed by atoms with Crippen LogP contribution >= 0.6 is 11.8 Å². The summed E-state index contributed by atoms with van der Waals surface area (Å²) in [5.74, 6) is 1.11. The van der Waals surface area contributed by atoms with Gasteiger partial charge in [0.15, 0.2) is 6.23 Å². The van der Waals surface area contributed by atoms with Crippen molar-refractivity contribution >= 4 is 34.8 Å². The average molecular weight is 355 g/mol. The molecule has 1 unspecified atom stereocenters. The minimum absolute atomic E-state index is 0.258. The highest BCUT2D eigenvalue weighted by Gasteiger charge is 2.24. The van der Waals surface area contributed by atoms with E-state index in [1.54, 1.807) is 12.3 Å². The van der Waals surface area contributed by atoms with E-state index in [9.17, 15) is 9.59 Å². The summed E-state index contributed by atoms with van der Waals surface area (Å²) in [7, 11) is 0. The van der Waals surface area contributed by atoms with Gasteiger partial charge in [0.1, 0.15) is 11.6 Å². The Morgan fingerprint density at radius 1 is 1.24 bits per heavy atom. The van der Waals surface area contributed by atoms with Crippen LogP contribution in [-0.4, -0.2) is 22.4 Å². The van der Waals surface area contributed by atoms with E-state index < -0.39 is 0 Å². The van der Waals surface area contributed by atoms with E-state index in [0.717, 1.165) is 28.7 Å². The second kappa shape index (κ2) is 7.40. The number of amides is 2. The third kappa shape index (κ3) is 4.39. The molecule has 2 amide bonds. The number of hydrogen-bond acceptors (Lipinski definition) is 6. The fraction of sp³-hybridized carbons (Fsp3) is 0.167. The van der Waals surface area contributed by atoms with Crippen molar-refractivity contribution in [1.29, 1.82) is 0 Å². The molecule has 25 heavy (non-hydrogen) atoms. The fourth-order valence-corrected chi connectivity index (χ4v) is 2.96. The van der Waals surface area contributed by atoms with E-state index in [2.05, 4.69) is 15.6 Å². The molecule has 2 aromatic rings. The molecule has 1 aliphatic heterocycles. The second-order valence-electron chi connectivity index (χ2n) is 5.49. The normalized spacial score (nSPS) is 16.6. The number of aryl methyl sites for hydroxylation is 1. The van der Waals surface area contributed by atoms with Gasteiger partial charge >= 0.3 is 0 Å². The van der Waals surface area contributed by atoms with Gasteiger partial charge in [0.05, 0.1) is 4.91 Å². The molecule has 1 atom stereocenters. The number of ether oxygens (including phenoxy) is 1. The van der Waals surface area contributed by atoms with Gasteiger partial charge in [-0.3, -0.25) is 14.9 Å². The lowest BCUT2D eigenvalue weighted by Crippen LogP contribution is -2.23. The molecular formula is C18H17N3O3S. The van der Waals surface area contributed by atoms with Crippen molar-refractivity contribution in [3.8, 4) is 5.75 Å². The number of nitrogens with zero attached hydrogens (tertiary/aromatic N) is 1. The molecule has 1 saturated heterocycles. The molecule has 3 rings (SSSR count). The number of thioether (sulfide) groups is 1. The van der Waals surface area contributed by atoms with Crippen molar-refractivity contribution in [2.75, 3.05) is 5.32 Å². The van der Waals surface area contributed by atoms with E-state index in [4.69, 9.17) is 4.74 Å². The topological polar surface area (TPSA) is 80.3 Å². The zero-order valence-electron chi connectivity index (χ0n) is 13.8. The second-order valence-corrected chi connectivity index (χ2v) is 6.51. The SMILES string of the molecule is Cc1cccnc1NC(C)Oc1ccc(/C=C2\SC(=O)NC2=O)cc1. The molecule has 2 heterocycles. The van der Waals surface area contributed by atoms with Gasteiger partial charge in [-0.25, -0.2) is 4.98 Å². The highest BCUT2D eigenvalue weighted by Crippen LogP contribution is 2.26. The van der Waals surface area contributed by atoms with Crippen LogP contribution in [0, 0.1) is 6.92 Å². The first-order valence-electron chi connectivity index (χ1n) is 7.71. The van der Waals surface area contributed by atoms with Gasteiger partial charge < -0.3 is 10.1 Å². The van der Waals surface area contributed by atoms with Crippen LogP contribution in [0.15, 0.2) is 47.5 Å². The molecular weight excluding hydrogens is 338 g/mol. The summed E-state index contributed by atoms with van der Waals surface area (Å²) < 4.78 is 5.83. The monoisotopic (exact) mass is 355 g/mol.